The molecule has 0 radical (unpaired) electrons. The zero-order valence-corrected chi connectivity index (χ0v) is 14.4. The minimum Gasteiger partial charge on any atom is -0.493 e. The van der Waals surface area contributed by atoms with Gasteiger partial charge in [0, 0.05) is 30.6 Å². The van der Waals surface area contributed by atoms with Crippen molar-refractivity contribution >= 4 is 22.7 Å². The summed E-state index contributed by atoms with van der Waals surface area (Å²) in [6.07, 6.45) is 2.82. The molecular formula is C20H19N3O3. The summed E-state index contributed by atoms with van der Waals surface area (Å²) in [6.45, 7) is 0.687. The van der Waals surface area contributed by atoms with Crippen LogP contribution in [0, 0.1) is 0 Å². The van der Waals surface area contributed by atoms with Gasteiger partial charge in [0.2, 0.25) is 5.91 Å². The fraction of sp³-hybridized carbons (Fsp3) is 0.200. The molecule has 132 valence electrons. The minimum atomic E-state index is -0.336. The number of hydrazine groups is 1. The van der Waals surface area contributed by atoms with Gasteiger partial charge in [-0.25, -0.2) is 0 Å². The zero-order valence-electron chi connectivity index (χ0n) is 14.4. The maximum absolute atomic E-state index is 12.4. The van der Waals surface area contributed by atoms with Gasteiger partial charge in [-0.1, -0.05) is 30.3 Å². The van der Waals surface area contributed by atoms with Crippen molar-refractivity contribution in [2.75, 3.05) is 6.61 Å². The van der Waals surface area contributed by atoms with Crippen LogP contribution in [0.15, 0.2) is 48.7 Å². The van der Waals surface area contributed by atoms with Gasteiger partial charge in [-0.3, -0.25) is 20.4 Å². The Balaban J connectivity index is 1.40. The number of rotatable bonds is 3. The number of aryl methyl sites for hydroxylation is 1. The van der Waals surface area contributed by atoms with Crippen LogP contribution in [0.4, 0.5) is 0 Å². The monoisotopic (exact) mass is 349 g/mol. The van der Waals surface area contributed by atoms with E-state index in [1.165, 1.54) is 0 Å². The second kappa shape index (κ2) is 6.55. The molecule has 1 aliphatic heterocycles. The number of hydrogen-bond donors (Lipinski definition) is 2. The van der Waals surface area contributed by atoms with Gasteiger partial charge in [0.05, 0.1) is 18.6 Å². The number of aromatic nitrogens is 1. The van der Waals surface area contributed by atoms with Crippen molar-refractivity contribution in [3.63, 3.8) is 0 Å². The molecule has 1 aromatic heterocycles. The topological polar surface area (TPSA) is 72.4 Å². The van der Waals surface area contributed by atoms with Crippen LogP contribution in [0.5, 0.6) is 5.75 Å². The average Bonchev–Trinajstić information content (AvgIpc) is 3.24. The molecule has 0 fully saturated rings. The molecule has 2 heterocycles. The maximum Gasteiger partial charge on any atom is 0.271 e. The van der Waals surface area contributed by atoms with Crippen LogP contribution in [-0.4, -0.2) is 23.0 Å². The largest absolute Gasteiger partial charge is 0.493 e. The maximum atomic E-state index is 12.4. The van der Waals surface area contributed by atoms with E-state index in [-0.39, 0.29) is 18.2 Å². The number of nitrogens with zero attached hydrogens (tertiary/aromatic N) is 1. The first-order chi connectivity index (χ1) is 12.6. The predicted molar refractivity (Wildman–Crippen MR) is 97.9 cm³/mol. The Morgan fingerprint density at radius 1 is 1.15 bits per heavy atom. The minimum absolute atomic E-state index is 0.198. The smallest absolute Gasteiger partial charge is 0.271 e. The molecule has 26 heavy (non-hydrogen) atoms. The number of hydrogen-bond acceptors (Lipinski definition) is 3. The van der Waals surface area contributed by atoms with Gasteiger partial charge in [0.15, 0.2) is 0 Å². The number of para-hydroxylation sites is 1. The third-order valence-electron chi connectivity index (χ3n) is 4.58. The van der Waals surface area contributed by atoms with Gasteiger partial charge < -0.3 is 9.30 Å². The van der Waals surface area contributed by atoms with Crippen LogP contribution in [0.3, 0.4) is 0 Å². The number of carbonyl (C=O) groups is 2. The van der Waals surface area contributed by atoms with Crippen molar-refractivity contribution in [1.82, 2.24) is 15.4 Å². The Morgan fingerprint density at radius 3 is 2.88 bits per heavy atom. The van der Waals surface area contributed by atoms with E-state index in [0.29, 0.717) is 12.2 Å². The Labute approximate surface area is 150 Å². The van der Waals surface area contributed by atoms with Gasteiger partial charge >= 0.3 is 0 Å². The van der Waals surface area contributed by atoms with Gasteiger partial charge in [-0.15, -0.1) is 0 Å². The highest BCUT2D eigenvalue weighted by Gasteiger charge is 2.16. The third-order valence-corrected chi connectivity index (χ3v) is 4.58. The third kappa shape index (κ3) is 3.01. The Morgan fingerprint density at radius 2 is 2.00 bits per heavy atom. The Kier molecular flexibility index (Phi) is 4.08. The first-order valence-electron chi connectivity index (χ1n) is 8.49. The molecule has 2 aromatic carbocycles. The molecule has 0 aliphatic carbocycles. The summed E-state index contributed by atoms with van der Waals surface area (Å²) in [5.74, 6) is 0.286. The van der Waals surface area contributed by atoms with Crippen molar-refractivity contribution in [2.24, 2.45) is 7.05 Å². The van der Waals surface area contributed by atoms with Crippen LogP contribution in [0.25, 0.3) is 10.9 Å². The SMILES string of the molecule is Cn1cc(C(=O)NNC(=O)Cc2ccc3c(c2)CCO3)c2ccccc21. The van der Waals surface area contributed by atoms with Crippen LogP contribution < -0.4 is 15.6 Å². The van der Waals surface area contributed by atoms with E-state index < -0.39 is 0 Å². The quantitative estimate of drug-likeness (QED) is 0.712. The summed E-state index contributed by atoms with van der Waals surface area (Å²) >= 11 is 0. The molecule has 0 bridgehead atoms. The first kappa shape index (κ1) is 16.2. The number of carbonyl (C=O) groups excluding carboxylic acids is 2. The molecule has 3 aromatic rings. The fourth-order valence-electron chi connectivity index (χ4n) is 3.30. The number of ether oxygens (including phenoxy) is 1. The summed E-state index contributed by atoms with van der Waals surface area (Å²) in [6, 6.07) is 13.4. The predicted octanol–water partition coefficient (Wildman–Crippen LogP) is 2.12. The molecule has 0 saturated carbocycles. The van der Waals surface area contributed by atoms with Crippen LogP contribution in [0.1, 0.15) is 21.5 Å². The van der Waals surface area contributed by atoms with E-state index >= 15 is 0 Å². The van der Waals surface area contributed by atoms with Gasteiger partial charge in [0.25, 0.3) is 5.91 Å². The highest BCUT2D eigenvalue weighted by molar-refractivity contribution is 6.07. The molecule has 2 amide bonds. The van der Waals surface area contributed by atoms with Crippen LogP contribution >= 0.6 is 0 Å². The molecule has 0 spiro atoms. The Hall–Kier alpha value is -3.28. The summed E-state index contributed by atoms with van der Waals surface area (Å²) in [7, 11) is 1.88. The number of amides is 2. The van der Waals surface area contributed by atoms with Crippen molar-refractivity contribution < 1.29 is 14.3 Å². The summed E-state index contributed by atoms with van der Waals surface area (Å²) < 4.78 is 7.35. The molecule has 0 saturated heterocycles. The van der Waals surface area contributed by atoms with E-state index in [9.17, 15) is 9.59 Å². The molecule has 4 rings (SSSR count). The van der Waals surface area contributed by atoms with E-state index in [4.69, 9.17) is 4.74 Å². The van der Waals surface area contributed by atoms with Crippen molar-refractivity contribution in [3.05, 3.63) is 65.4 Å². The average molecular weight is 349 g/mol. The van der Waals surface area contributed by atoms with E-state index in [1.54, 1.807) is 6.20 Å². The molecule has 0 unspecified atom stereocenters. The molecule has 1 aliphatic rings. The standard InChI is InChI=1S/C20H19N3O3/c1-23-12-16(15-4-2-3-5-17(15)23)20(25)22-21-19(24)11-13-6-7-18-14(10-13)8-9-26-18/h2-7,10,12H,8-9,11H2,1H3,(H,21,24)(H,22,25). The van der Waals surface area contributed by atoms with Crippen LogP contribution in [-0.2, 0) is 24.7 Å². The summed E-state index contributed by atoms with van der Waals surface area (Å²) in [4.78, 5) is 24.6. The summed E-state index contributed by atoms with van der Waals surface area (Å²) in [5, 5.41) is 0.848. The Bertz CT molecular complexity index is 1010. The lowest BCUT2D eigenvalue weighted by molar-refractivity contribution is -0.121. The lowest BCUT2D eigenvalue weighted by atomic mass is 10.1. The molecule has 0 atom stereocenters. The molecule has 2 N–H and O–H groups in total. The molecule has 6 nitrogen and oxygen atoms in total. The van der Waals surface area contributed by atoms with Crippen molar-refractivity contribution in [2.45, 2.75) is 12.8 Å². The second-order valence-corrected chi connectivity index (χ2v) is 6.39. The zero-order chi connectivity index (χ0) is 18.1. The fourth-order valence-corrected chi connectivity index (χ4v) is 3.30. The normalized spacial score (nSPS) is 12.5. The molecular weight excluding hydrogens is 330 g/mol. The second-order valence-electron chi connectivity index (χ2n) is 6.39. The van der Waals surface area contributed by atoms with Gasteiger partial charge in [-0.05, 0) is 23.3 Å². The van der Waals surface area contributed by atoms with Gasteiger partial charge in [0.1, 0.15) is 5.75 Å². The highest BCUT2D eigenvalue weighted by Crippen LogP contribution is 2.26. The van der Waals surface area contributed by atoms with Crippen LogP contribution in [0.2, 0.25) is 0 Å². The lowest BCUT2D eigenvalue weighted by Gasteiger charge is -2.08. The molecule has 6 heteroatoms. The summed E-state index contributed by atoms with van der Waals surface area (Å²) in [5.41, 5.74) is 8.50. The number of fused-ring (bicyclic) bond motifs is 2. The number of nitrogens with one attached hydrogen (secondary N) is 2. The van der Waals surface area contributed by atoms with E-state index in [0.717, 1.165) is 34.2 Å². The van der Waals surface area contributed by atoms with Gasteiger partial charge in [-0.2, -0.15) is 0 Å². The van der Waals surface area contributed by atoms with Crippen molar-refractivity contribution in [3.8, 4) is 5.75 Å². The highest BCUT2D eigenvalue weighted by atomic mass is 16.5. The van der Waals surface area contributed by atoms with E-state index in [2.05, 4.69) is 10.9 Å². The number of benzene rings is 2. The van der Waals surface area contributed by atoms with E-state index in [1.807, 2.05) is 54.1 Å². The lowest BCUT2D eigenvalue weighted by Crippen LogP contribution is -2.42. The first-order valence-corrected chi connectivity index (χ1v) is 8.49. The van der Waals surface area contributed by atoms with Crippen molar-refractivity contribution in [1.29, 1.82) is 0 Å².